The van der Waals surface area contributed by atoms with E-state index < -0.39 is 23.7 Å². The minimum absolute atomic E-state index is 0.0763. The Morgan fingerprint density at radius 3 is 2.76 bits per heavy atom. The predicted octanol–water partition coefficient (Wildman–Crippen LogP) is 5.31. The van der Waals surface area contributed by atoms with Crippen molar-refractivity contribution in [2.75, 3.05) is 37.6 Å². The van der Waals surface area contributed by atoms with Crippen molar-refractivity contribution in [3.05, 3.63) is 59.8 Å². The number of phenols is 1. The molecule has 1 aliphatic carbocycles. The summed E-state index contributed by atoms with van der Waals surface area (Å²) in [7, 11) is 0. The van der Waals surface area contributed by atoms with Gasteiger partial charge in [-0.15, -0.1) is 6.42 Å². The molecule has 4 saturated heterocycles. The molecule has 4 aliphatic heterocycles. The fourth-order valence-corrected chi connectivity index (χ4v) is 8.47. The number of pyridine rings is 1. The summed E-state index contributed by atoms with van der Waals surface area (Å²) in [4.78, 5) is 18.0. The average Bonchev–Trinajstić information content (AvgIpc) is 3.46. The van der Waals surface area contributed by atoms with Crippen molar-refractivity contribution in [1.82, 2.24) is 25.2 Å². The number of nitrogens with zero attached hydrogens (tertiary/aromatic N) is 5. The van der Waals surface area contributed by atoms with E-state index in [0.717, 1.165) is 37.8 Å². The number of rotatable bonds is 5. The van der Waals surface area contributed by atoms with Crippen LogP contribution >= 0.6 is 0 Å². The average molecular weight is 623 g/mol. The predicted molar refractivity (Wildman–Crippen MR) is 172 cm³/mol. The normalized spacial score (nSPS) is 27.2. The van der Waals surface area contributed by atoms with Crippen molar-refractivity contribution in [1.29, 1.82) is 0 Å². The quantitative estimate of drug-likeness (QED) is 0.229. The molecular weight excluding hydrogens is 586 g/mol. The summed E-state index contributed by atoms with van der Waals surface area (Å²) in [5, 5.41) is 15.2. The lowest BCUT2D eigenvalue weighted by atomic mass is 9.88. The molecule has 1 unspecified atom stereocenters. The van der Waals surface area contributed by atoms with Gasteiger partial charge in [0.05, 0.1) is 19.2 Å². The molecule has 5 aliphatic rings. The molecule has 234 valence electrons. The highest BCUT2D eigenvalue weighted by Crippen LogP contribution is 2.61. The Labute approximate surface area is 268 Å². The van der Waals surface area contributed by atoms with Gasteiger partial charge < -0.3 is 20.1 Å². The molecule has 1 saturated carbocycles. The van der Waals surface area contributed by atoms with E-state index in [1.165, 1.54) is 30.5 Å². The summed E-state index contributed by atoms with van der Waals surface area (Å²) < 4.78 is 56.8. The Kier molecular flexibility index (Phi) is 5.52. The molecule has 4 aromatic rings. The summed E-state index contributed by atoms with van der Waals surface area (Å²) in [6.45, 7) is 4.63. The van der Waals surface area contributed by atoms with Gasteiger partial charge in [0, 0.05) is 55.4 Å². The van der Waals surface area contributed by atoms with E-state index in [-0.39, 0.29) is 57.0 Å². The molecule has 3 atom stereocenters. The van der Waals surface area contributed by atoms with Crippen LogP contribution in [0.4, 0.5) is 14.6 Å². The molecule has 2 aromatic heterocycles. The lowest BCUT2D eigenvalue weighted by Gasteiger charge is -2.34. The number of ether oxygens (including phenoxy) is 1. The Balaban J connectivity index is 1.21. The van der Waals surface area contributed by atoms with Gasteiger partial charge in [-0.2, -0.15) is 9.97 Å². The number of terminal acetylenes is 1. The number of fused-ring (bicyclic) bond motifs is 5. The molecule has 9 rings (SSSR count). The molecule has 46 heavy (non-hydrogen) atoms. The number of hydrogen-bond acceptors (Lipinski definition) is 8. The van der Waals surface area contributed by atoms with Crippen molar-refractivity contribution in [2.24, 2.45) is 5.41 Å². The number of aromatic nitrogens is 3. The molecular formula is C36H34F2N6O2. The first-order valence-electron chi connectivity index (χ1n) is 16.9. The lowest BCUT2D eigenvalue weighted by Crippen LogP contribution is -2.51. The fourth-order valence-electron chi connectivity index (χ4n) is 8.47. The largest absolute Gasteiger partial charge is 0.508 e. The zero-order valence-corrected chi connectivity index (χ0v) is 25.2. The van der Waals surface area contributed by atoms with E-state index in [1.807, 2.05) is 0 Å². The van der Waals surface area contributed by atoms with E-state index in [1.54, 1.807) is 0 Å². The zero-order valence-electron chi connectivity index (χ0n) is 27.2. The molecule has 8 nitrogen and oxygen atoms in total. The summed E-state index contributed by atoms with van der Waals surface area (Å²) in [5.74, 6) is 1.11. The monoisotopic (exact) mass is 622 g/mol. The smallest absolute Gasteiger partial charge is 0.319 e. The molecule has 2 N–H and O–H groups in total. The van der Waals surface area contributed by atoms with E-state index >= 15 is 4.39 Å². The van der Waals surface area contributed by atoms with Crippen molar-refractivity contribution < 1.29 is 21.4 Å². The van der Waals surface area contributed by atoms with Gasteiger partial charge in [-0.3, -0.25) is 9.88 Å². The highest BCUT2D eigenvalue weighted by atomic mass is 19.1. The Morgan fingerprint density at radius 1 is 1.20 bits per heavy atom. The second-order valence-corrected chi connectivity index (χ2v) is 13.9. The SMILES string of the molecule is [2H]C([2H])(Oc1nc(N2C[C@H]3CC[C@@H](C2)N3)c2cnc(-c3cc(O)cc4ccc(F)c(C#C)c34)c(F)c2n1)C12CC(=C)CN1CC1(CC1)C2. The van der Waals surface area contributed by atoms with Crippen LogP contribution in [0.15, 0.2) is 42.6 Å². The number of piperazine rings is 1. The standard InChI is InChI=1S/C36H34F2N6O2/c1-3-25-28(37)7-4-21-10-24(45)11-26(29(21)25)31-30(38)32-27(13-39-31)33(43-15-22-5-6-23(16-43)40-22)42-34(41-32)46-19-36-12-20(2)14-44(36)18-35(17-36)8-9-35/h1,4,7,10-11,13,22-23,40,45H,2,5-6,8-9,12,14-19H2/t22-,23+,36?/i19D2. The highest BCUT2D eigenvalue weighted by molar-refractivity contribution is 6.03. The fraction of sp³-hybridized carbons (Fsp3) is 0.417. The van der Waals surface area contributed by atoms with Crippen molar-refractivity contribution in [2.45, 2.75) is 56.1 Å². The molecule has 2 aromatic carbocycles. The van der Waals surface area contributed by atoms with Gasteiger partial charge in [0.15, 0.2) is 5.82 Å². The van der Waals surface area contributed by atoms with Crippen LogP contribution in [0, 0.1) is 29.4 Å². The van der Waals surface area contributed by atoms with Crippen LogP contribution in [0.5, 0.6) is 11.8 Å². The number of benzene rings is 2. The van der Waals surface area contributed by atoms with E-state index in [0.29, 0.717) is 49.1 Å². The van der Waals surface area contributed by atoms with Crippen LogP contribution in [-0.4, -0.2) is 75.3 Å². The first-order valence-corrected chi connectivity index (χ1v) is 15.9. The minimum Gasteiger partial charge on any atom is -0.508 e. The maximum atomic E-state index is 17.0. The number of aromatic hydroxyl groups is 1. The summed E-state index contributed by atoms with van der Waals surface area (Å²) in [6, 6.07) is 5.61. The molecule has 2 bridgehead atoms. The van der Waals surface area contributed by atoms with Gasteiger partial charge in [0.25, 0.3) is 0 Å². The molecule has 0 radical (unpaired) electrons. The number of hydrogen-bond donors (Lipinski definition) is 2. The van der Waals surface area contributed by atoms with Crippen LogP contribution in [0.2, 0.25) is 0 Å². The lowest BCUT2D eigenvalue weighted by molar-refractivity contribution is 0.107. The van der Waals surface area contributed by atoms with Crippen LogP contribution in [0.3, 0.4) is 0 Å². The molecule has 1 spiro atoms. The van der Waals surface area contributed by atoms with Gasteiger partial charge >= 0.3 is 6.01 Å². The third kappa shape index (κ3) is 4.28. The first-order chi connectivity index (χ1) is 23.0. The van der Waals surface area contributed by atoms with Crippen molar-refractivity contribution >= 4 is 27.5 Å². The summed E-state index contributed by atoms with van der Waals surface area (Å²) in [5.41, 5.74) is -0.148. The Morgan fingerprint density at radius 2 is 2.00 bits per heavy atom. The number of halogens is 2. The second kappa shape index (κ2) is 9.84. The van der Waals surface area contributed by atoms with E-state index in [9.17, 15) is 12.2 Å². The van der Waals surface area contributed by atoms with Crippen LogP contribution in [0.25, 0.3) is 32.9 Å². The van der Waals surface area contributed by atoms with E-state index in [4.69, 9.17) is 16.1 Å². The van der Waals surface area contributed by atoms with Crippen LogP contribution in [0.1, 0.15) is 46.8 Å². The minimum atomic E-state index is -2.21. The second-order valence-electron chi connectivity index (χ2n) is 13.9. The maximum absolute atomic E-state index is 17.0. The maximum Gasteiger partial charge on any atom is 0.319 e. The topological polar surface area (TPSA) is 86.6 Å². The van der Waals surface area contributed by atoms with Gasteiger partial charge in [-0.1, -0.05) is 24.1 Å². The molecule has 6 heterocycles. The van der Waals surface area contributed by atoms with Gasteiger partial charge in [-0.25, -0.2) is 8.78 Å². The molecule has 5 fully saturated rings. The van der Waals surface area contributed by atoms with Crippen LogP contribution in [-0.2, 0) is 0 Å². The van der Waals surface area contributed by atoms with E-state index in [2.05, 4.69) is 37.6 Å². The third-order valence-electron chi connectivity index (χ3n) is 10.7. The zero-order chi connectivity index (χ0) is 33.2. The Hall–Kier alpha value is -4.33. The van der Waals surface area contributed by atoms with Gasteiger partial charge in [0.2, 0.25) is 0 Å². The van der Waals surface area contributed by atoms with Gasteiger partial charge in [-0.05, 0) is 67.5 Å². The summed E-state index contributed by atoms with van der Waals surface area (Å²) >= 11 is 0. The van der Waals surface area contributed by atoms with Crippen molar-refractivity contribution in [3.63, 3.8) is 0 Å². The summed E-state index contributed by atoms with van der Waals surface area (Å²) in [6.07, 6.45) is 12.4. The number of phenolic OH excluding ortho intramolecular Hbond substituents is 1. The molecule has 10 heteroatoms. The molecule has 0 amide bonds. The Bertz CT molecular complexity index is 2100. The van der Waals surface area contributed by atoms with Gasteiger partial charge in [0.1, 0.15) is 35.2 Å². The number of nitrogens with one attached hydrogen (secondary N) is 1. The first kappa shape index (κ1) is 25.8. The number of anilines is 1. The van der Waals surface area contributed by atoms with Crippen LogP contribution < -0.4 is 15.0 Å². The highest BCUT2D eigenvalue weighted by Gasteiger charge is 2.61. The third-order valence-corrected chi connectivity index (χ3v) is 10.7. The van der Waals surface area contributed by atoms with Crippen molar-refractivity contribution in [3.8, 4) is 35.4 Å².